The molecule has 0 radical (unpaired) electrons. The number of carbonyl (C=O) groups is 1. The van der Waals surface area contributed by atoms with Crippen molar-refractivity contribution in [3.8, 4) is 11.8 Å². The number of hydrogen-bond acceptors (Lipinski definition) is 5. The number of likely N-dealkylation sites (tertiary alicyclic amines) is 1. The lowest BCUT2D eigenvalue weighted by atomic mass is 10.1. The minimum Gasteiger partial charge on any atom is -0.480 e. The van der Waals surface area contributed by atoms with E-state index in [2.05, 4.69) is 15.5 Å². The number of hydrogen-bond donors (Lipinski definition) is 1. The van der Waals surface area contributed by atoms with Gasteiger partial charge < -0.3 is 19.7 Å². The minimum atomic E-state index is -0.0474. The second kappa shape index (κ2) is 7.66. The third-order valence-corrected chi connectivity index (χ3v) is 3.30. The van der Waals surface area contributed by atoms with E-state index in [1.54, 1.807) is 24.1 Å². The summed E-state index contributed by atoms with van der Waals surface area (Å²) in [5, 5.41) is 10.7. The first-order valence-electron chi connectivity index (χ1n) is 7.30. The molecule has 7 heteroatoms. The molecule has 1 aliphatic heterocycles. The smallest absolute Gasteiger partial charge is 0.317 e. The van der Waals surface area contributed by atoms with Gasteiger partial charge in [0.1, 0.15) is 6.10 Å². The molecule has 2 amide bonds. The van der Waals surface area contributed by atoms with Crippen molar-refractivity contribution in [2.24, 2.45) is 0 Å². The van der Waals surface area contributed by atoms with Gasteiger partial charge in [-0.15, -0.1) is 10.2 Å². The van der Waals surface area contributed by atoms with E-state index in [1.165, 1.54) is 0 Å². The number of rotatable bonds is 5. The Morgan fingerprint density at radius 1 is 1.43 bits per heavy atom. The Bertz CT molecular complexity index is 452. The van der Waals surface area contributed by atoms with Crippen LogP contribution in [0.2, 0.25) is 0 Å². The minimum absolute atomic E-state index is 0.0223. The summed E-state index contributed by atoms with van der Waals surface area (Å²) in [6, 6.07) is 3.41. The maximum Gasteiger partial charge on any atom is 0.317 e. The van der Waals surface area contributed by atoms with E-state index in [0.29, 0.717) is 24.8 Å². The van der Waals surface area contributed by atoms with Gasteiger partial charge in [0.2, 0.25) is 11.8 Å². The van der Waals surface area contributed by atoms with Crippen LogP contribution in [0.1, 0.15) is 26.2 Å². The molecule has 21 heavy (non-hydrogen) atoms. The van der Waals surface area contributed by atoms with Gasteiger partial charge in [0.15, 0.2) is 0 Å². The van der Waals surface area contributed by atoms with E-state index in [1.807, 2.05) is 6.92 Å². The quantitative estimate of drug-likeness (QED) is 0.889. The Balaban J connectivity index is 1.86. The first-order valence-corrected chi connectivity index (χ1v) is 7.30. The van der Waals surface area contributed by atoms with Gasteiger partial charge in [-0.05, 0) is 19.3 Å². The van der Waals surface area contributed by atoms with Gasteiger partial charge in [0.25, 0.3) is 0 Å². The van der Waals surface area contributed by atoms with Gasteiger partial charge in [0.05, 0.1) is 13.7 Å². The predicted octanol–water partition coefficient (Wildman–Crippen LogP) is 1.45. The lowest BCUT2D eigenvalue weighted by molar-refractivity contribution is 0.0969. The second-order valence-corrected chi connectivity index (χ2v) is 4.97. The van der Waals surface area contributed by atoms with Crippen molar-refractivity contribution in [3.63, 3.8) is 0 Å². The van der Waals surface area contributed by atoms with E-state index >= 15 is 0 Å². The third-order valence-electron chi connectivity index (χ3n) is 3.30. The molecule has 2 heterocycles. The molecular formula is C14H22N4O3. The lowest BCUT2D eigenvalue weighted by Gasteiger charge is -2.32. The average molecular weight is 294 g/mol. The summed E-state index contributed by atoms with van der Waals surface area (Å²) < 4.78 is 10.7. The zero-order chi connectivity index (χ0) is 15.1. The van der Waals surface area contributed by atoms with Gasteiger partial charge >= 0.3 is 6.03 Å². The zero-order valence-electron chi connectivity index (χ0n) is 12.5. The molecule has 0 saturated carbocycles. The van der Waals surface area contributed by atoms with Crippen molar-refractivity contribution in [1.82, 2.24) is 20.4 Å². The van der Waals surface area contributed by atoms with Crippen LogP contribution in [-0.2, 0) is 0 Å². The maximum absolute atomic E-state index is 12.0. The highest BCUT2D eigenvalue weighted by Gasteiger charge is 2.25. The molecule has 1 fully saturated rings. The third kappa shape index (κ3) is 4.47. The highest BCUT2D eigenvalue weighted by Crippen LogP contribution is 2.17. The summed E-state index contributed by atoms with van der Waals surface area (Å²) in [6.45, 7) is 4.07. The Morgan fingerprint density at radius 3 is 2.86 bits per heavy atom. The topological polar surface area (TPSA) is 76.6 Å². The van der Waals surface area contributed by atoms with Crippen LogP contribution in [-0.4, -0.2) is 54.0 Å². The number of methoxy groups -OCH3 is 1. The SMILES string of the molecule is CCCNC(=O)N1CCCC(Oc2ccc(OC)nn2)C1. The fourth-order valence-corrected chi connectivity index (χ4v) is 2.21. The normalized spacial score (nSPS) is 18.2. The Morgan fingerprint density at radius 2 is 2.19 bits per heavy atom. The van der Waals surface area contributed by atoms with Gasteiger partial charge in [-0.25, -0.2) is 4.79 Å². The standard InChI is InChI=1S/C14H22N4O3/c1-3-8-15-14(19)18-9-4-5-11(10-18)21-13-7-6-12(20-2)16-17-13/h6-7,11H,3-5,8-10H2,1-2H3,(H,15,19). The van der Waals surface area contributed by atoms with Crippen molar-refractivity contribution in [2.45, 2.75) is 32.3 Å². The molecule has 0 spiro atoms. The van der Waals surface area contributed by atoms with Crippen molar-refractivity contribution in [3.05, 3.63) is 12.1 Å². The Kier molecular flexibility index (Phi) is 5.59. The second-order valence-electron chi connectivity index (χ2n) is 4.97. The van der Waals surface area contributed by atoms with Crippen LogP contribution in [0, 0.1) is 0 Å². The number of ether oxygens (including phenoxy) is 2. The van der Waals surface area contributed by atoms with Crippen LogP contribution in [0.3, 0.4) is 0 Å². The van der Waals surface area contributed by atoms with Crippen LogP contribution in [0.25, 0.3) is 0 Å². The van der Waals surface area contributed by atoms with Crippen LogP contribution in [0.15, 0.2) is 12.1 Å². The van der Waals surface area contributed by atoms with E-state index < -0.39 is 0 Å². The number of amides is 2. The molecule has 7 nitrogen and oxygen atoms in total. The molecule has 1 N–H and O–H groups in total. The molecular weight excluding hydrogens is 272 g/mol. The first-order chi connectivity index (χ1) is 10.2. The van der Waals surface area contributed by atoms with Gasteiger partial charge in [0, 0.05) is 25.2 Å². The molecule has 116 valence electrons. The molecule has 1 aliphatic rings. The van der Waals surface area contributed by atoms with Crippen molar-refractivity contribution >= 4 is 6.03 Å². The number of aromatic nitrogens is 2. The summed E-state index contributed by atoms with van der Waals surface area (Å²) in [5.74, 6) is 0.906. The first kappa shape index (κ1) is 15.3. The summed E-state index contributed by atoms with van der Waals surface area (Å²) in [4.78, 5) is 13.7. The van der Waals surface area contributed by atoms with Crippen molar-refractivity contribution in [1.29, 1.82) is 0 Å². The summed E-state index contributed by atoms with van der Waals surface area (Å²) >= 11 is 0. The van der Waals surface area contributed by atoms with Gasteiger partial charge in [-0.1, -0.05) is 6.92 Å². The molecule has 0 aromatic carbocycles. The average Bonchev–Trinajstić information content (AvgIpc) is 2.53. The number of carbonyl (C=O) groups excluding carboxylic acids is 1. The zero-order valence-corrected chi connectivity index (χ0v) is 12.5. The molecule has 2 rings (SSSR count). The summed E-state index contributed by atoms with van der Waals surface area (Å²) in [7, 11) is 1.54. The highest BCUT2D eigenvalue weighted by atomic mass is 16.5. The molecule has 1 aromatic heterocycles. The van der Waals surface area contributed by atoms with E-state index in [9.17, 15) is 4.79 Å². The maximum atomic E-state index is 12.0. The van der Waals surface area contributed by atoms with Gasteiger partial charge in [-0.2, -0.15) is 0 Å². The van der Waals surface area contributed by atoms with Crippen LogP contribution >= 0.6 is 0 Å². The summed E-state index contributed by atoms with van der Waals surface area (Å²) in [6.07, 6.45) is 2.72. The monoisotopic (exact) mass is 294 g/mol. The molecule has 1 unspecified atom stereocenters. The number of nitrogens with zero attached hydrogens (tertiary/aromatic N) is 3. The molecule has 1 aromatic rings. The van der Waals surface area contributed by atoms with Crippen molar-refractivity contribution in [2.75, 3.05) is 26.7 Å². The fourth-order valence-electron chi connectivity index (χ4n) is 2.21. The van der Waals surface area contributed by atoms with Crippen molar-refractivity contribution < 1.29 is 14.3 Å². The largest absolute Gasteiger partial charge is 0.480 e. The highest BCUT2D eigenvalue weighted by molar-refractivity contribution is 5.74. The van der Waals surface area contributed by atoms with Crippen LogP contribution < -0.4 is 14.8 Å². The number of piperidine rings is 1. The van der Waals surface area contributed by atoms with E-state index in [0.717, 1.165) is 25.8 Å². The molecule has 1 saturated heterocycles. The number of nitrogens with one attached hydrogen (secondary N) is 1. The molecule has 0 aliphatic carbocycles. The van der Waals surface area contributed by atoms with E-state index in [-0.39, 0.29) is 12.1 Å². The summed E-state index contributed by atoms with van der Waals surface area (Å²) in [5.41, 5.74) is 0. The van der Waals surface area contributed by atoms with E-state index in [4.69, 9.17) is 9.47 Å². The van der Waals surface area contributed by atoms with Gasteiger partial charge in [-0.3, -0.25) is 0 Å². The van der Waals surface area contributed by atoms with Crippen LogP contribution in [0.5, 0.6) is 11.8 Å². The Hall–Kier alpha value is -2.05. The number of urea groups is 1. The van der Waals surface area contributed by atoms with Crippen LogP contribution in [0.4, 0.5) is 4.79 Å². The fraction of sp³-hybridized carbons (Fsp3) is 0.643. The predicted molar refractivity (Wildman–Crippen MR) is 77.5 cm³/mol. The lowest BCUT2D eigenvalue weighted by Crippen LogP contribution is -2.48. The molecule has 0 bridgehead atoms. The Labute approximate surface area is 124 Å². The molecule has 1 atom stereocenters.